The lowest BCUT2D eigenvalue weighted by Crippen LogP contribution is -2.20. The van der Waals surface area contributed by atoms with Crippen LogP contribution in [0.3, 0.4) is 0 Å². The number of aromatic nitrogens is 3. The second kappa shape index (κ2) is 7.59. The van der Waals surface area contributed by atoms with Gasteiger partial charge in [-0.05, 0) is 42.8 Å². The van der Waals surface area contributed by atoms with E-state index >= 15 is 0 Å². The van der Waals surface area contributed by atoms with Crippen molar-refractivity contribution in [2.24, 2.45) is 0 Å². The van der Waals surface area contributed by atoms with Crippen LogP contribution in [-0.2, 0) is 4.74 Å². The third-order valence-corrected chi connectivity index (χ3v) is 4.38. The summed E-state index contributed by atoms with van der Waals surface area (Å²) < 4.78 is 52.4. The SMILES string of the molecule is COCC(C)Nc1nnc(-c2c(-c3ccc(F)cc3)[nH]c3c(F)cc(F)cc23)o1. The van der Waals surface area contributed by atoms with E-state index in [4.69, 9.17) is 9.15 Å². The van der Waals surface area contributed by atoms with Gasteiger partial charge >= 0.3 is 6.01 Å². The molecule has 2 heterocycles. The molecule has 1 unspecified atom stereocenters. The van der Waals surface area contributed by atoms with Crippen molar-refractivity contribution in [3.8, 4) is 22.7 Å². The Morgan fingerprint density at radius 1 is 1.10 bits per heavy atom. The number of benzene rings is 2. The number of fused-ring (bicyclic) bond motifs is 1. The van der Waals surface area contributed by atoms with Gasteiger partial charge in [-0.2, -0.15) is 0 Å². The summed E-state index contributed by atoms with van der Waals surface area (Å²) in [4.78, 5) is 2.93. The van der Waals surface area contributed by atoms with Crippen molar-refractivity contribution in [3.05, 3.63) is 53.8 Å². The predicted molar refractivity (Wildman–Crippen MR) is 102 cm³/mol. The summed E-state index contributed by atoms with van der Waals surface area (Å²) in [5.41, 5.74) is 1.37. The van der Waals surface area contributed by atoms with Crippen molar-refractivity contribution in [3.63, 3.8) is 0 Å². The third-order valence-electron chi connectivity index (χ3n) is 4.38. The summed E-state index contributed by atoms with van der Waals surface area (Å²) in [6.07, 6.45) is 0. The van der Waals surface area contributed by atoms with Gasteiger partial charge in [0.1, 0.15) is 17.5 Å². The van der Waals surface area contributed by atoms with E-state index in [0.29, 0.717) is 23.4 Å². The number of hydrogen-bond donors (Lipinski definition) is 2. The van der Waals surface area contributed by atoms with Crippen molar-refractivity contribution < 1.29 is 22.3 Å². The summed E-state index contributed by atoms with van der Waals surface area (Å²) in [5, 5.41) is 11.2. The van der Waals surface area contributed by atoms with Gasteiger partial charge < -0.3 is 19.5 Å². The molecule has 0 aliphatic heterocycles. The van der Waals surface area contributed by atoms with Gasteiger partial charge in [0, 0.05) is 18.6 Å². The normalized spacial score (nSPS) is 12.4. The van der Waals surface area contributed by atoms with Crippen LogP contribution in [0.4, 0.5) is 19.2 Å². The van der Waals surface area contributed by atoms with Crippen molar-refractivity contribution in [2.45, 2.75) is 13.0 Å². The summed E-state index contributed by atoms with van der Waals surface area (Å²) in [6, 6.07) is 7.60. The van der Waals surface area contributed by atoms with E-state index in [1.165, 1.54) is 30.3 Å². The first-order valence-corrected chi connectivity index (χ1v) is 8.82. The van der Waals surface area contributed by atoms with Gasteiger partial charge in [0.2, 0.25) is 0 Å². The van der Waals surface area contributed by atoms with Crippen molar-refractivity contribution in [1.29, 1.82) is 0 Å². The molecule has 150 valence electrons. The molecule has 0 saturated heterocycles. The third kappa shape index (κ3) is 3.68. The van der Waals surface area contributed by atoms with E-state index in [9.17, 15) is 13.2 Å². The van der Waals surface area contributed by atoms with Gasteiger partial charge in [0.25, 0.3) is 5.89 Å². The Balaban J connectivity index is 1.87. The molecule has 2 N–H and O–H groups in total. The Morgan fingerprint density at radius 2 is 1.86 bits per heavy atom. The maximum absolute atomic E-state index is 14.4. The number of methoxy groups -OCH3 is 1. The number of H-pyrrole nitrogens is 1. The molecule has 6 nitrogen and oxygen atoms in total. The largest absolute Gasteiger partial charge is 0.403 e. The number of ether oxygens (including phenoxy) is 1. The zero-order chi connectivity index (χ0) is 20.5. The zero-order valence-electron chi connectivity index (χ0n) is 15.6. The Hall–Kier alpha value is -3.33. The summed E-state index contributed by atoms with van der Waals surface area (Å²) >= 11 is 0. The van der Waals surface area contributed by atoms with Gasteiger partial charge in [-0.1, -0.05) is 5.10 Å². The molecule has 1 atom stereocenters. The van der Waals surface area contributed by atoms with Crippen molar-refractivity contribution >= 4 is 16.9 Å². The first-order valence-electron chi connectivity index (χ1n) is 8.82. The van der Waals surface area contributed by atoms with Crippen LogP contribution in [0.2, 0.25) is 0 Å². The molecule has 0 amide bonds. The molecule has 0 aliphatic rings. The van der Waals surface area contributed by atoms with Gasteiger partial charge in [-0.25, -0.2) is 13.2 Å². The number of halogens is 3. The minimum atomic E-state index is -0.763. The number of anilines is 1. The fraction of sp³-hybridized carbons (Fsp3) is 0.200. The minimum absolute atomic E-state index is 0.0627. The highest BCUT2D eigenvalue weighted by Crippen LogP contribution is 2.39. The van der Waals surface area contributed by atoms with Crippen LogP contribution in [0.5, 0.6) is 0 Å². The summed E-state index contributed by atoms with van der Waals surface area (Å²) in [7, 11) is 1.57. The maximum atomic E-state index is 14.4. The first-order chi connectivity index (χ1) is 14.0. The molecule has 0 spiro atoms. The van der Waals surface area contributed by atoms with E-state index in [1.807, 2.05) is 6.92 Å². The molecule has 4 rings (SSSR count). The van der Waals surface area contributed by atoms with Crippen molar-refractivity contribution in [2.75, 3.05) is 19.0 Å². The highest BCUT2D eigenvalue weighted by atomic mass is 19.1. The first kappa shape index (κ1) is 19.0. The molecule has 29 heavy (non-hydrogen) atoms. The molecular formula is C20H17F3N4O2. The van der Waals surface area contributed by atoms with Gasteiger partial charge in [-0.15, -0.1) is 5.10 Å². The van der Waals surface area contributed by atoms with E-state index in [-0.39, 0.29) is 28.9 Å². The lowest BCUT2D eigenvalue weighted by atomic mass is 10.0. The van der Waals surface area contributed by atoms with E-state index in [2.05, 4.69) is 20.5 Å². The molecule has 2 aromatic carbocycles. The molecule has 0 radical (unpaired) electrons. The molecule has 0 aliphatic carbocycles. The zero-order valence-corrected chi connectivity index (χ0v) is 15.6. The molecule has 4 aromatic rings. The minimum Gasteiger partial charge on any atom is -0.403 e. The number of aromatic amines is 1. The predicted octanol–water partition coefficient (Wildman–Crippen LogP) is 4.75. The Kier molecular flexibility index (Phi) is 4.98. The molecular weight excluding hydrogens is 385 g/mol. The monoisotopic (exact) mass is 402 g/mol. The number of rotatable bonds is 6. The lowest BCUT2D eigenvalue weighted by molar-refractivity contribution is 0.189. The van der Waals surface area contributed by atoms with Crippen LogP contribution < -0.4 is 5.32 Å². The summed E-state index contributed by atoms with van der Waals surface area (Å²) in [5.74, 6) is -1.86. The molecule has 0 bridgehead atoms. The molecule has 0 saturated carbocycles. The van der Waals surface area contributed by atoms with E-state index < -0.39 is 17.5 Å². The second-order valence-corrected chi connectivity index (χ2v) is 6.61. The number of nitrogens with zero attached hydrogens (tertiary/aromatic N) is 2. The second-order valence-electron chi connectivity index (χ2n) is 6.61. The van der Waals surface area contributed by atoms with Gasteiger partial charge in [-0.3, -0.25) is 0 Å². The molecule has 9 heteroatoms. The smallest absolute Gasteiger partial charge is 0.316 e. The van der Waals surface area contributed by atoms with Crippen LogP contribution >= 0.6 is 0 Å². The highest BCUT2D eigenvalue weighted by Gasteiger charge is 2.23. The van der Waals surface area contributed by atoms with Crippen LogP contribution in [-0.4, -0.2) is 34.9 Å². The molecule has 2 aromatic heterocycles. The van der Waals surface area contributed by atoms with Crippen LogP contribution in [0.25, 0.3) is 33.6 Å². The van der Waals surface area contributed by atoms with Crippen LogP contribution in [0.1, 0.15) is 6.92 Å². The van der Waals surface area contributed by atoms with Crippen molar-refractivity contribution in [1.82, 2.24) is 15.2 Å². The fourth-order valence-electron chi connectivity index (χ4n) is 3.16. The topological polar surface area (TPSA) is 76.0 Å². The van der Waals surface area contributed by atoms with Gasteiger partial charge in [0.15, 0.2) is 0 Å². The highest BCUT2D eigenvalue weighted by molar-refractivity contribution is 6.02. The van der Waals surface area contributed by atoms with Crippen LogP contribution in [0.15, 0.2) is 40.8 Å². The maximum Gasteiger partial charge on any atom is 0.316 e. The quantitative estimate of drug-likeness (QED) is 0.487. The average Bonchev–Trinajstić information content (AvgIpc) is 3.27. The number of hydrogen-bond acceptors (Lipinski definition) is 5. The summed E-state index contributed by atoms with van der Waals surface area (Å²) in [6.45, 7) is 2.29. The number of nitrogens with one attached hydrogen (secondary N) is 2. The Bertz CT molecular complexity index is 1150. The fourth-order valence-corrected chi connectivity index (χ4v) is 3.16. The average molecular weight is 402 g/mol. The molecule has 0 fully saturated rings. The van der Waals surface area contributed by atoms with E-state index in [0.717, 1.165) is 6.07 Å². The van der Waals surface area contributed by atoms with E-state index in [1.54, 1.807) is 7.11 Å². The standard InChI is InChI=1S/C20H17F3N4O2/c1-10(9-28-2)24-20-27-26-19(29-20)16-14-7-13(22)8-15(23)18(14)25-17(16)11-3-5-12(21)6-4-11/h3-8,10,25H,9H2,1-2H3,(H,24,27). The lowest BCUT2D eigenvalue weighted by Gasteiger charge is -2.09. The van der Waals surface area contributed by atoms with Gasteiger partial charge in [0.05, 0.1) is 29.4 Å². The Morgan fingerprint density at radius 3 is 2.59 bits per heavy atom. The van der Waals surface area contributed by atoms with Crippen LogP contribution in [0, 0.1) is 17.5 Å². The Labute approximate surface area is 163 Å².